The Kier molecular flexibility index (Phi) is 7.26. The quantitative estimate of drug-likeness (QED) is 0.639. The van der Waals surface area contributed by atoms with Gasteiger partial charge in [0.1, 0.15) is 0 Å². The van der Waals surface area contributed by atoms with E-state index < -0.39 is 0 Å². The summed E-state index contributed by atoms with van der Waals surface area (Å²) in [5, 5.41) is 0. The fourth-order valence-corrected chi connectivity index (χ4v) is 3.97. The highest BCUT2D eigenvalue weighted by atomic mass is 16.5. The summed E-state index contributed by atoms with van der Waals surface area (Å²) < 4.78 is 4.87. The van der Waals surface area contributed by atoms with Gasteiger partial charge in [-0.1, -0.05) is 61.2 Å². The molecule has 4 nitrogen and oxygen atoms in total. The first-order valence-electron chi connectivity index (χ1n) is 10.0. The van der Waals surface area contributed by atoms with E-state index >= 15 is 0 Å². The minimum absolute atomic E-state index is 0.164. The van der Waals surface area contributed by atoms with E-state index in [0.29, 0.717) is 19.0 Å². The van der Waals surface area contributed by atoms with Gasteiger partial charge in [0.2, 0.25) is 0 Å². The highest BCUT2D eigenvalue weighted by Gasteiger charge is 2.26. The van der Waals surface area contributed by atoms with Gasteiger partial charge in [0.15, 0.2) is 0 Å². The third kappa shape index (κ3) is 5.23. The summed E-state index contributed by atoms with van der Waals surface area (Å²) in [5.41, 5.74) is 3.63. The van der Waals surface area contributed by atoms with Crippen LogP contribution in [0.5, 0.6) is 0 Å². The molecule has 0 saturated carbocycles. The van der Waals surface area contributed by atoms with Crippen LogP contribution >= 0.6 is 0 Å². The van der Waals surface area contributed by atoms with Crippen molar-refractivity contribution >= 4 is 17.7 Å². The summed E-state index contributed by atoms with van der Waals surface area (Å²) >= 11 is 0. The number of benzene rings is 2. The lowest BCUT2D eigenvalue weighted by atomic mass is 10.00. The predicted octanol–water partition coefficient (Wildman–Crippen LogP) is 4.36. The summed E-state index contributed by atoms with van der Waals surface area (Å²) in [7, 11) is 1.45. The van der Waals surface area contributed by atoms with Crippen LogP contribution in [0.25, 0.3) is 6.08 Å². The number of hydrogen-bond acceptors (Lipinski definition) is 4. The minimum Gasteiger partial charge on any atom is -0.469 e. The van der Waals surface area contributed by atoms with Gasteiger partial charge >= 0.3 is 5.97 Å². The van der Waals surface area contributed by atoms with Crippen molar-refractivity contribution in [1.82, 2.24) is 4.90 Å². The zero-order valence-electron chi connectivity index (χ0n) is 16.7. The number of methoxy groups -OCH3 is 1. The molecule has 2 aromatic rings. The largest absolute Gasteiger partial charge is 0.469 e. The first kappa shape index (κ1) is 20.2. The molecule has 0 radical (unpaired) electrons. The molecule has 1 fully saturated rings. The fourth-order valence-electron chi connectivity index (χ4n) is 3.97. The zero-order chi connectivity index (χ0) is 19.8. The van der Waals surface area contributed by atoms with Crippen molar-refractivity contribution in [3.05, 3.63) is 72.3 Å². The molecule has 0 amide bonds. The number of para-hydroxylation sites is 1. The Morgan fingerprint density at radius 3 is 2.50 bits per heavy atom. The monoisotopic (exact) mass is 378 g/mol. The van der Waals surface area contributed by atoms with E-state index in [1.165, 1.54) is 12.7 Å². The Morgan fingerprint density at radius 1 is 1.14 bits per heavy atom. The van der Waals surface area contributed by atoms with Crippen molar-refractivity contribution in [2.24, 2.45) is 0 Å². The first-order valence-corrected chi connectivity index (χ1v) is 10.0. The number of piperidine rings is 1. The number of anilines is 1. The molecule has 1 aliphatic heterocycles. The summed E-state index contributed by atoms with van der Waals surface area (Å²) in [6.07, 6.45) is 4.45. The molecule has 0 aliphatic carbocycles. The topological polar surface area (TPSA) is 32.8 Å². The lowest BCUT2D eigenvalue weighted by Crippen LogP contribution is -2.45. The normalized spacial score (nSPS) is 15.2. The average Bonchev–Trinajstić information content (AvgIpc) is 2.75. The number of hydrogen-bond donors (Lipinski definition) is 0. The second kappa shape index (κ2) is 10.1. The zero-order valence-corrected chi connectivity index (χ0v) is 16.7. The maximum absolute atomic E-state index is 11.8. The summed E-state index contributed by atoms with van der Waals surface area (Å²) in [6, 6.07) is 19.3. The van der Waals surface area contributed by atoms with E-state index in [4.69, 9.17) is 4.74 Å². The second-order valence-electron chi connectivity index (χ2n) is 7.28. The molecular formula is C24H30N2O2. The van der Waals surface area contributed by atoms with Crippen molar-refractivity contribution < 1.29 is 9.53 Å². The molecule has 0 aromatic heterocycles. The van der Waals surface area contributed by atoms with Crippen LogP contribution in [0, 0.1) is 0 Å². The van der Waals surface area contributed by atoms with Gasteiger partial charge in [0, 0.05) is 37.9 Å². The Labute approximate surface area is 168 Å². The molecule has 28 heavy (non-hydrogen) atoms. The fraction of sp³-hybridized carbons (Fsp3) is 0.375. The lowest BCUT2D eigenvalue weighted by Gasteiger charge is -2.40. The molecular weight excluding hydrogens is 348 g/mol. The van der Waals surface area contributed by atoms with E-state index in [2.05, 4.69) is 64.9 Å². The molecule has 148 valence electrons. The second-order valence-corrected chi connectivity index (χ2v) is 7.28. The van der Waals surface area contributed by atoms with E-state index in [0.717, 1.165) is 43.7 Å². The van der Waals surface area contributed by atoms with Gasteiger partial charge < -0.3 is 9.64 Å². The highest BCUT2D eigenvalue weighted by Crippen LogP contribution is 2.28. The number of esters is 1. The third-order valence-electron chi connectivity index (χ3n) is 5.50. The molecule has 2 aromatic carbocycles. The Hall–Kier alpha value is -2.59. The van der Waals surface area contributed by atoms with Crippen LogP contribution in [0.15, 0.2) is 61.2 Å². The van der Waals surface area contributed by atoms with Gasteiger partial charge in [0.25, 0.3) is 0 Å². The van der Waals surface area contributed by atoms with Gasteiger partial charge in [0.05, 0.1) is 13.5 Å². The Balaban J connectivity index is 1.68. The van der Waals surface area contributed by atoms with Crippen LogP contribution in [-0.2, 0) is 16.1 Å². The van der Waals surface area contributed by atoms with E-state index in [1.807, 2.05) is 12.1 Å². The summed E-state index contributed by atoms with van der Waals surface area (Å²) in [6.45, 7) is 7.75. The van der Waals surface area contributed by atoms with Crippen molar-refractivity contribution in [2.45, 2.75) is 31.8 Å². The standard InChI is InChI=1S/C24H30N2O2/c1-3-21-11-7-8-12-23(21)26(18-15-24(27)28-2)22-13-16-25(17-14-22)19-20-9-5-4-6-10-20/h3-12,22H,1,13-19H2,2H3. The van der Waals surface area contributed by atoms with Crippen molar-refractivity contribution in [1.29, 1.82) is 0 Å². The number of carbonyl (C=O) groups is 1. The number of carbonyl (C=O) groups excluding carboxylic acids is 1. The highest BCUT2D eigenvalue weighted by molar-refractivity contribution is 5.71. The molecule has 0 spiro atoms. The van der Waals surface area contributed by atoms with Crippen molar-refractivity contribution in [3.63, 3.8) is 0 Å². The van der Waals surface area contributed by atoms with Gasteiger partial charge in [-0.25, -0.2) is 0 Å². The van der Waals surface area contributed by atoms with Gasteiger partial charge in [-0.15, -0.1) is 0 Å². The SMILES string of the molecule is C=Cc1ccccc1N(CCC(=O)OC)C1CCN(Cc2ccccc2)CC1. The molecule has 1 saturated heterocycles. The van der Waals surface area contributed by atoms with Crippen LogP contribution in [-0.4, -0.2) is 43.7 Å². The van der Waals surface area contributed by atoms with E-state index in [-0.39, 0.29) is 5.97 Å². The molecule has 0 bridgehead atoms. The molecule has 0 atom stereocenters. The smallest absolute Gasteiger partial charge is 0.307 e. The average molecular weight is 379 g/mol. The van der Waals surface area contributed by atoms with Gasteiger partial charge in [-0.2, -0.15) is 0 Å². The number of ether oxygens (including phenoxy) is 1. The third-order valence-corrected chi connectivity index (χ3v) is 5.50. The Bertz CT molecular complexity index is 767. The number of rotatable bonds is 8. The molecule has 3 rings (SSSR count). The van der Waals surface area contributed by atoms with E-state index in [1.54, 1.807) is 0 Å². The van der Waals surface area contributed by atoms with Crippen LogP contribution in [0.2, 0.25) is 0 Å². The summed E-state index contributed by atoms with van der Waals surface area (Å²) in [4.78, 5) is 16.7. The predicted molar refractivity (Wildman–Crippen MR) is 115 cm³/mol. The van der Waals surface area contributed by atoms with Crippen LogP contribution in [0.1, 0.15) is 30.4 Å². The van der Waals surface area contributed by atoms with E-state index in [9.17, 15) is 4.79 Å². The minimum atomic E-state index is -0.164. The Morgan fingerprint density at radius 2 is 1.82 bits per heavy atom. The van der Waals surface area contributed by atoms with Crippen LogP contribution in [0.4, 0.5) is 5.69 Å². The van der Waals surface area contributed by atoms with Crippen molar-refractivity contribution in [2.75, 3.05) is 31.6 Å². The first-order chi connectivity index (χ1) is 13.7. The van der Waals surface area contributed by atoms with Crippen LogP contribution in [0.3, 0.4) is 0 Å². The molecule has 4 heteroatoms. The van der Waals surface area contributed by atoms with Crippen LogP contribution < -0.4 is 4.90 Å². The van der Waals surface area contributed by atoms with Gasteiger partial charge in [-0.05, 0) is 30.0 Å². The number of nitrogens with zero attached hydrogens (tertiary/aromatic N) is 2. The molecule has 0 N–H and O–H groups in total. The van der Waals surface area contributed by atoms with Gasteiger partial charge in [-0.3, -0.25) is 9.69 Å². The molecule has 1 heterocycles. The lowest BCUT2D eigenvalue weighted by molar-refractivity contribution is -0.140. The number of likely N-dealkylation sites (tertiary alicyclic amines) is 1. The maximum atomic E-state index is 11.8. The maximum Gasteiger partial charge on any atom is 0.307 e. The van der Waals surface area contributed by atoms with Crippen molar-refractivity contribution in [3.8, 4) is 0 Å². The summed E-state index contributed by atoms with van der Waals surface area (Å²) in [5.74, 6) is -0.164. The molecule has 1 aliphatic rings. The molecule has 0 unspecified atom stereocenters.